The molecule has 1 amide bonds. The smallest absolute Gasteiger partial charge is 0.416 e. The van der Waals surface area contributed by atoms with E-state index in [1.165, 1.54) is 23.1 Å². The van der Waals surface area contributed by atoms with Gasteiger partial charge in [-0.05, 0) is 44.5 Å². The van der Waals surface area contributed by atoms with E-state index < -0.39 is 23.3 Å². The van der Waals surface area contributed by atoms with Crippen molar-refractivity contribution in [3.05, 3.63) is 54.9 Å². The number of carbonyl (C=O) groups is 2. The van der Waals surface area contributed by atoms with Crippen LogP contribution in [-0.2, 0) is 27.0 Å². The molecule has 0 aliphatic rings. The number of carbonyl (C=O) groups excluding carboxylic acids is 2. The fourth-order valence-corrected chi connectivity index (χ4v) is 3.88. The van der Waals surface area contributed by atoms with Crippen molar-refractivity contribution in [1.29, 1.82) is 0 Å². The lowest BCUT2D eigenvalue weighted by molar-refractivity contribution is -0.137. The van der Waals surface area contributed by atoms with Crippen LogP contribution < -0.4 is 14.8 Å². The first-order valence-corrected chi connectivity index (χ1v) is 10.5. The third-order valence-corrected chi connectivity index (χ3v) is 5.45. The van der Waals surface area contributed by atoms with Crippen LogP contribution in [0.15, 0.2) is 29.1 Å². The van der Waals surface area contributed by atoms with Crippen molar-refractivity contribution in [2.75, 3.05) is 19.7 Å². The number of rotatable bonds is 7. The molecule has 0 saturated heterocycles. The van der Waals surface area contributed by atoms with Crippen LogP contribution in [0.4, 0.5) is 13.2 Å². The molecule has 31 heavy (non-hydrogen) atoms. The second-order valence-electron chi connectivity index (χ2n) is 6.43. The van der Waals surface area contributed by atoms with Crippen molar-refractivity contribution in [3.63, 3.8) is 0 Å². The summed E-state index contributed by atoms with van der Waals surface area (Å²) in [6.07, 6.45) is -2.10. The van der Waals surface area contributed by atoms with Gasteiger partial charge in [0.2, 0.25) is 5.91 Å². The summed E-state index contributed by atoms with van der Waals surface area (Å²) in [6.45, 7) is 5.98. The monoisotopic (exact) mass is 456 g/mol. The van der Waals surface area contributed by atoms with Crippen LogP contribution in [0, 0.1) is 0 Å². The molecule has 168 valence electrons. The zero-order valence-electron chi connectivity index (χ0n) is 17.4. The number of hydrogen-bond acceptors (Lipinski definition) is 5. The fraction of sp³-hybridized carbons (Fsp3) is 0.381. The van der Waals surface area contributed by atoms with Crippen molar-refractivity contribution < 1.29 is 27.5 Å². The van der Waals surface area contributed by atoms with Gasteiger partial charge >= 0.3 is 12.1 Å². The number of nitrogens with zero attached hydrogens (tertiary/aromatic N) is 2. The Bertz CT molecular complexity index is 1110. The van der Waals surface area contributed by atoms with Crippen LogP contribution in [0.1, 0.15) is 31.9 Å². The number of ether oxygens (including phenoxy) is 1. The van der Waals surface area contributed by atoms with E-state index in [4.69, 9.17) is 4.74 Å². The first-order chi connectivity index (χ1) is 14.6. The van der Waals surface area contributed by atoms with E-state index in [0.717, 1.165) is 34.1 Å². The van der Waals surface area contributed by atoms with Crippen molar-refractivity contribution >= 4 is 35.4 Å². The number of aromatic nitrogens is 1. The fourth-order valence-electron chi connectivity index (χ4n) is 2.85. The summed E-state index contributed by atoms with van der Waals surface area (Å²) in [6, 6.07) is 4.55. The second kappa shape index (κ2) is 10.4. The Balaban J connectivity index is 2.62. The molecular formula is C21H23F3N2O4S. The molecule has 0 unspecified atom stereocenters. The van der Waals surface area contributed by atoms with Crippen molar-refractivity contribution in [2.45, 2.75) is 33.5 Å². The van der Waals surface area contributed by atoms with Gasteiger partial charge in [-0.2, -0.15) is 13.2 Å². The van der Waals surface area contributed by atoms with Crippen LogP contribution in [-0.4, -0.2) is 41.0 Å². The van der Waals surface area contributed by atoms with E-state index in [1.807, 2.05) is 0 Å². The number of likely N-dealkylation sites (N-methyl/N-ethyl adjacent to an activating group) is 1. The predicted molar refractivity (Wildman–Crippen MR) is 112 cm³/mol. The molecule has 0 fully saturated rings. The van der Waals surface area contributed by atoms with Crippen LogP contribution in [0.3, 0.4) is 0 Å². The summed E-state index contributed by atoms with van der Waals surface area (Å²) < 4.78 is 45.2. The van der Waals surface area contributed by atoms with E-state index in [0.29, 0.717) is 13.1 Å². The average molecular weight is 456 g/mol. The number of halogens is 3. The number of amides is 1. The van der Waals surface area contributed by atoms with E-state index >= 15 is 0 Å². The quantitative estimate of drug-likeness (QED) is 0.598. The van der Waals surface area contributed by atoms with Gasteiger partial charge in [-0.1, -0.05) is 12.1 Å². The molecule has 6 nitrogen and oxygen atoms in total. The third-order valence-electron chi connectivity index (χ3n) is 4.39. The summed E-state index contributed by atoms with van der Waals surface area (Å²) in [5, 5.41) is 0. The third kappa shape index (κ3) is 6.30. The molecule has 1 aromatic heterocycles. The number of thiazole rings is 1. The largest absolute Gasteiger partial charge is 0.463 e. The Morgan fingerprint density at radius 1 is 1.19 bits per heavy atom. The first-order valence-electron chi connectivity index (χ1n) is 9.65. The summed E-state index contributed by atoms with van der Waals surface area (Å²) in [5.74, 6) is -0.993. The summed E-state index contributed by atoms with van der Waals surface area (Å²) in [5.41, 5.74) is -1.23. The lowest BCUT2D eigenvalue weighted by Crippen LogP contribution is -2.40. The zero-order chi connectivity index (χ0) is 23.2. The van der Waals surface area contributed by atoms with Gasteiger partial charge in [0.25, 0.3) is 5.56 Å². The van der Waals surface area contributed by atoms with E-state index in [1.54, 1.807) is 20.8 Å². The molecule has 2 rings (SSSR count). The van der Waals surface area contributed by atoms with Gasteiger partial charge < -0.3 is 9.64 Å². The molecule has 1 aromatic carbocycles. The van der Waals surface area contributed by atoms with Gasteiger partial charge in [0, 0.05) is 13.1 Å². The molecular weight excluding hydrogens is 433 g/mol. The van der Waals surface area contributed by atoms with Gasteiger partial charge in [-0.25, -0.2) is 4.79 Å². The number of alkyl halides is 3. The van der Waals surface area contributed by atoms with Crippen LogP contribution >= 0.6 is 11.3 Å². The lowest BCUT2D eigenvalue weighted by atomic mass is 10.1. The molecule has 1 heterocycles. The highest BCUT2D eigenvalue weighted by Gasteiger charge is 2.30. The van der Waals surface area contributed by atoms with Crippen molar-refractivity contribution in [3.8, 4) is 0 Å². The molecule has 0 aliphatic carbocycles. The van der Waals surface area contributed by atoms with Crippen molar-refractivity contribution in [2.24, 2.45) is 0 Å². The molecule has 0 bridgehead atoms. The van der Waals surface area contributed by atoms with Crippen LogP contribution in [0.25, 0.3) is 12.2 Å². The summed E-state index contributed by atoms with van der Waals surface area (Å²) in [4.78, 5) is 38.9. The van der Waals surface area contributed by atoms with Crippen LogP contribution in [0.2, 0.25) is 0 Å². The highest BCUT2D eigenvalue weighted by molar-refractivity contribution is 7.07. The predicted octanol–water partition coefficient (Wildman–Crippen LogP) is 1.97. The molecule has 0 spiro atoms. The van der Waals surface area contributed by atoms with Gasteiger partial charge in [0.15, 0.2) is 0 Å². The SMILES string of the molecule is CCOC(=O)C=c1sc(=Cc2cccc(C(F)(F)F)c2)c(=O)n1CC(=O)N(CC)CC. The topological polar surface area (TPSA) is 68.6 Å². The Hall–Kier alpha value is -2.88. The summed E-state index contributed by atoms with van der Waals surface area (Å²) >= 11 is 0.904. The maximum Gasteiger partial charge on any atom is 0.416 e. The van der Waals surface area contributed by atoms with Gasteiger partial charge in [0.1, 0.15) is 11.2 Å². The molecule has 0 atom stereocenters. The van der Waals surface area contributed by atoms with Gasteiger partial charge in [-0.3, -0.25) is 14.2 Å². The maximum atomic E-state index is 13.0. The minimum absolute atomic E-state index is 0.0993. The van der Waals surface area contributed by atoms with Gasteiger partial charge in [-0.15, -0.1) is 11.3 Å². The summed E-state index contributed by atoms with van der Waals surface area (Å²) in [7, 11) is 0. The van der Waals surface area contributed by atoms with Crippen LogP contribution in [0.5, 0.6) is 0 Å². The minimum atomic E-state index is -4.52. The Kier molecular flexibility index (Phi) is 8.21. The Morgan fingerprint density at radius 2 is 1.87 bits per heavy atom. The standard InChI is InChI=1S/C21H23F3N2O4S/c1-4-25(5-2)17(27)13-26-18(12-19(28)30-6-3)31-16(20(26)29)11-14-8-7-9-15(10-14)21(22,23)24/h7-12H,4-6,13H2,1-3H3. The number of benzene rings is 1. The Morgan fingerprint density at radius 3 is 2.45 bits per heavy atom. The normalized spacial score (nSPS) is 12.8. The second-order valence-corrected chi connectivity index (χ2v) is 7.49. The molecule has 0 radical (unpaired) electrons. The zero-order valence-corrected chi connectivity index (χ0v) is 18.2. The lowest BCUT2D eigenvalue weighted by Gasteiger charge is -2.18. The highest BCUT2D eigenvalue weighted by Crippen LogP contribution is 2.29. The first kappa shape index (κ1) is 24.4. The molecule has 2 aromatic rings. The molecule has 10 heteroatoms. The molecule has 0 aliphatic heterocycles. The molecule has 0 N–H and O–H groups in total. The minimum Gasteiger partial charge on any atom is -0.463 e. The number of esters is 1. The average Bonchev–Trinajstić information content (AvgIpc) is 2.97. The number of hydrogen-bond donors (Lipinski definition) is 0. The van der Waals surface area contributed by atoms with E-state index in [9.17, 15) is 27.6 Å². The van der Waals surface area contributed by atoms with E-state index in [-0.39, 0.29) is 33.8 Å². The van der Waals surface area contributed by atoms with Gasteiger partial charge in [0.05, 0.1) is 22.8 Å². The van der Waals surface area contributed by atoms with E-state index in [2.05, 4.69) is 0 Å². The van der Waals surface area contributed by atoms with Crippen molar-refractivity contribution in [1.82, 2.24) is 9.47 Å². The Labute approximate surface area is 180 Å². The maximum absolute atomic E-state index is 13.0. The highest BCUT2D eigenvalue weighted by atomic mass is 32.1. The molecule has 0 saturated carbocycles.